The Bertz CT molecular complexity index is 1230. The van der Waals surface area contributed by atoms with Crippen molar-refractivity contribution in [2.75, 3.05) is 25.1 Å². The number of carbonyl (C=O) groups excluding carboxylic acids is 2. The summed E-state index contributed by atoms with van der Waals surface area (Å²) in [7, 11) is 1.34. The molecule has 1 amide bonds. The number of anilines is 2. The highest BCUT2D eigenvalue weighted by Gasteiger charge is 2.63. The normalized spacial score (nSPS) is 33.3. The van der Waals surface area contributed by atoms with Gasteiger partial charge in [-0.2, -0.15) is 13.2 Å². The number of hydrogen-bond donors (Lipinski definition) is 1. The Hall–Kier alpha value is -2.91. The molecule has 6 nitrogen and oxygen atoms in total. The largest absolute Gasteiger partial charge is 0.469 e. The molecule has 2 saturated heterocycles. The first-order valence-electron chi connectivity index (χ1n) is 12.8. The van der Waals surface area contributed by atoms with Crippen LogP contribution in [-0.2, 0) is 25.9 Å². The second kappa shape index (κ2) is 8.56. The standard InChI is InChI=1S/C28H29F3N2O4/c1-37-25(35)24-19-14-23-27(12-13-32(23)15-16(19)6-11-22(24)34)20-4-2-3-5-21(20)33(26(27)36)18-9-7-17(8-10-18)28(29,30)31/h2-5,7-10,16,19,22-24,34H,6,11-15H2,1H3/t16-,19-,22-,23-,24+,27-/m0/s1. The number of methoxy groups -OCH3 is 1. The van der Waals surface area contributed by atoms with Crippen LogP contribution in [0.5, 0.6) is 0 Å². The van der Waals surface area contributed by atoms with E-state index in [1.54, 1.807) is 4.90 Å². The quantitative estimate of drug-likeness (QED) is 0.606. The molecule has 6 rings (SSSR count). The van der Waals surface area contributed by atoms with E-state index in [-0.39, 0.29) is 23.8 Å². The summed E-state index contributed by atoms with van der Waals surface area (Å²) in [5.41, 5.74) is 0.324. The van der Waals surface area contributed by atoms with Crippen molar-refractivity contribution in [1.82, 2.24) is 4.90 Å². The summed E-state index contributed by atoms with van der Waals surface area (Å²) in [4.78, 5) is 30.9. The Balaban J connectivity index is 1.40. The molecule has 1 N–H and O–H groups in total. The number of hydrogen-bond acceptors (Lipinski definition) is 5. The van der Waals surface area contributed by atoms with E-state index in [2.05, 4.69) is 4.90 Å². The summed E-state index contributed by atoms with van der Waals surface area (Å²) in [6.07, 6.45) is -2.70. The van der Waals surface area contributed by atoms with Gasteiger partial charge in [0.15, 0.2) is 0 Å². The van der Waals surface area contributed by atoms with Crippen molar-refractivity contribution in [3.8, 4) is 0 Å². The second-order valence-corrected chi connectivity index (χ2v) is 10.8. The molecule has 1 spiro atoms. The maximum Gasteiger partial charge on any atom is 0.416 e. The minimum absolute atomic E-state index is 0.104. The van der Waals surface area contributed by atoms with Gasteiger partial charge >= 0.3 is 12.1 Å². The molecule has 1 aliphatic carbocycles. The molecule has 0 bridgehead atoms. The predicted molar refractivity (Wildman–Crippen MR) is 129 cm³/mol. The van der Waals surface area contributed by atoms with Crippen LogP contribution in [0.25, 0.3) is 0 Å². The van der Waals surface area contributed by atoms with Crippen LogP contribution in [0.2, 0.25) is 0 Å². The van der Waals surface area contributed by atoms with Crippen LogP contribution in [0.15, 0.2) is 48.5 Å². The maximum absolute atomic E-state index is 14.4. The number of rotatable bonds is 2. The van der Waals surface area contributed by atoms with Crippen LogP contribution in [-0.4, -0.2) is 54.2 Å². The van der Waals surface area contributed by atoms with Crippen molar-refractivity contribution in [1.29, 1.82) is 0 Å². The third kappa shape index (κ3) is 3.54. The van der Waals surface area contributed by atoms with Gasteiger partial charge in [-0.05, 0) is 80.0 Å². The van der Waals surface area contributed by atoms with E-state index in [4.69, 9.17) is 4.74 Å². The second-order valence-electron chi connectivity index (χ2n) is 10.8. The van der Waals surface area contributed by atoms with Gasteiger partial charge < -0.3 is 9.84 Å². The van der Waals surface area contributed by atoms with Crippen molar-refractivity contribution in [3.05, 3.63) is 59.7 Å². The van der Waals surface area contributed by atoms with Crippen LogP contribution in [0.3, 0.4) is 0 Å². The number of para-hydroxylation sites is 1. The van der Waals surface area contributed by atoms with E-state index in [0.29, 0.717) is 30.6 Å². The smallest absolute Gasteiger partial charge is 0.416 e. The molecule has 2 aromatic carbocycles. The highest BCUT2D eigenvalue weighted by atomic mass is 19.4. The zero-order chi connectivity index (χ0) is 26.1. The van der Waals surface area contributed by atoms with Crippen LogP contribution < -0.4 is 4.90 Å². The van der Waals surface area contributed by atoms with Crippen molar-refractivity contribution in [2.24, 2.45) is 17.8 Å². The predicted octanol–water partition coefficient (Wildman–Crippen LogP) is 4.28. The summed E-state index contributed by atoms with van der Waals surface area (Å²) in [5.74, 6) is -1.05. The topological polar surface area (TPSA) is 70.1 Å². The fourth-order valence-electron chi connectivity index (χ4n) is 7.56. The summed E-state index contributed by atoms with van der Waals surface area (Å²) >= 11 is 0. The Morgan fingerprint density at radius 2 is 1.84 bits per heavy atom. The van der Waals surface area contributed by atoms with Crippen LogP contribution in [0.4, 0.5) is 24.5 Å². The number of benzene rings is 2. The fraction of sp³-hybridized carbons (Fsp3) is 0.500. The lowest BCUT2D eigenvalue weighted by Gasteiger charge is -2.50. The third-order valence-electron chi connectivity index (χ3n) is 9.22. The van der Waals surface area contributed by atoms with E-state index in [0.717, 1.165) is 37.2 Å². The van der Waals surface area contributed by atoms with E-state index in [9.17, 15) is 27.9 Å². The first-order valence-corrected chi connectivity index (χ1v) is 12.8. The third-order valence-corrected chi connectivity index (χ3v) is 9.22. The van der Waals surface area contributed by atoms with E-state index < -0.39 is 35.1 Å². The lowest BCUT2D eigenvalue weighted by atomic mass is 9.62. The van der Waals surface area contributed by atoms with Gasteiger partial charge in [0.05, 0.1) is 35.8 Å². The molecule has 4 aliphatic rings. The minimum atomic E-state index is -4.46. The molecule has 3 heterocycles. The van der Waals surface area contributed by atoms with Gasteiger partial charge in [-0.1, -0.05) is 18.2 Å². The average Bonchev–Trinajstić information content (AvgIpc) is 3.38. The summed E-state index contributed by atoms with van der Waals surface area (Å²) in [5, 5.41) is 10.7. The first kappa shape index (κ1) is 24.4. The SMILES string of the molecule is COC(=O)[C@@H]1[C@H]2C[C@@H]3N(CC[C@@]34C(=O)N(c3ccc(C(F)(F)F)cc3)c3ccccc34)C[C@@H]2CC[C@@H]1O. The molecule has 0 aromatic heterocycles. The van der Waals surface area contributed by atoms with Crippen molar-refractivity contribution in [2.45, 2.75) is 49.4 Å². The molecular weight excluding hydrogens is 485 g/mol. The zero-order valence-electron chi connectivity index (χ0n) is 20.4. The number of aliphatic hydroxyl groups is 1. The highest BCUT2D eigenvalue weighted by molar-refractivity contribution is 6.13. The van der Waals surface area contributed by atoms with E-state index in [1.165, 1.54) is 19.2 Å². The molecule has 1 saturated carbocycles. The number of halogens is 3. The maximum atomic E-state index is 14.4. The Labute approximate surface area is 213 Å². The lowest BCUT2D eigenvalue weighted by molar-refractivity contribution is -0.160. The number of aliphatic hydroxyl groups excluding tert-OH is 1. The number of nitrogens with zero attached hydrogens (tertiary/aromatic N) is 2. The van der Waals surface area contributed by atoms with Gasteiger partial charge in [-0.3, -0.25) is 19.4 Å². The number of carbonyl (C=O) groups is 2. The van der Waals surface area contributed by atoms with Gasteiger partial charge in [0.25, 0.3) is 0 Å². The Morgan fingerprint density at radius 3 is 2.54 bits per heavy atom. The average molecular weight is 515 g/mol. The van der Waals surface area contributed by atoms with Gasteiger partial charge in [0.1, 0.15) is 0 Å². The van der Waals surface area contributed by atoms with Gasteiger partial charge in [-0.15, -0.1) is 0 Å². The van der Waals surface area contributed by atoms with Crippen LogP contribution in [0, 0.1) is 17.8 Å². The van der Waals surface area contributed by atoms with Gasteiger partial charge in [-0.25, -0.2) is 0 Å². The molecular formula is C28H29F3N2O4. The molecule has 0 radical (unpaired) electrons. The Kier molecular flexibility index (Phi) is 5.65. The Morgan fingerprint density at radius 1 is 1.11 bits per heavy atom. The highest BCUT2D eigenvalue weighted by Crippen LogP contribution is 2.57. The first-order chi connectivity index (χ1) is 17.7. The van der Waals surface area contributed by atoms with E-state index >= 15 is 0 Å². The number of alkyl halides is 3. The molecule has 37 heavy (non-hydrogen) atoms. The molecule has 196 valence electrons. The van der Waals surface area contributed by atoms with Crippen molar-refractivity contribution < 1.29 is 32.6 Å². The molecule has 6 atom stereocenters. The summed E-state index contributed by atoms with van der Waals surface area (Å²) in [6, 6.07) is 12.0. The fourth-order valence-corrected chi connectivity index (χ4v) is 7.56. The molecule has 9 heteroatoms. The van der Waals surface area contributed by atoms with Gasteiger partial charge in [0.2, 0.25) is 5.91 Å². The molecule has 0 unspecified atom stereocenters. The van der Waals surface area contributed by atoms with Crippen LogP contribution in [0.1, 0.15) is 36.8 Å². The number of fused-ring (bicyclic) bond motifs is 5. The van der Waals surface area contributed by atoms with Crippen molar-refractivity contribution in [3.63, 3.8) is 0 Å². The lowest BCUT2D eigenvalue weighted by Crippen LogP contribution is -2.58. The zero-order valence-corrected chi connectivity index (χ0v) is 20.4. The van der Waals surface area contributed by atoms with Crippen molar-refractivity contribution >= 4 is 23.3 Å². The minimum Gasteiger partial charge on any atom is -0.469 e. The molecule has 3 aliphatic heterocycles. The monoisotopic (exact) mass is 514 g/mol. The molecule has 3 fully saturated rings. The number of esters is 1. The number of amides is 1. The van der Waals surface area contributed by atoms with Crippen LogP contribution >= 0.6 is 0 Å². The number of piperidine rings is 1. The van der Waals surface area contributed by atoms with Gasteiger partial charge in [0, 0.05) is 18.3 Å². The number of ether oxygens (including phenoxy) is 1. The van der Waals surface area contributed by atoms with E-state index in [1.807, 2.05) is 24.3 Å². The summed E-state index contributed by atoms with van der Waals surface area (Å²) in [6.45, 7) is 1.47. The summed E-state index contributed by atoms with van der Waals surface area (Å²) < 4.78 is 44.6. The molecule has 2 aromatic rings.